The molecule has 0 bridgehead atoms. The lowest BCUT2D eigenvalue weighted by molar-refractivity contribution is -0.184. The van der Waals surface area contributed by atoms with E-state index in [1.54, 1.807) is 12.1 Å². The van der Waals surface area contributed by atoms with Gasteiger partial charge in [-0.2, -0.15) is 19.6 Å². The van der Waals surface area contributed by atoms with Gasteiger partial charge >= 0.3 is 0 Å². The van der Waals surface area contributed by atoms with E-state index in [9.17, 15) is 9.59 Å². The minimum Gasteiger partial charge on any atom is -0.337 e. The van der Waals surface area contributed by atoms with Crippen LogP contribution in [0.1, 0.15) is 54.8 Å². The molecule has 0 aliphatic heterocycles. The van der Waals surface area contributed by atoms with Crippen LogP contribution in [-0.4, -0.2) is 45.6 Å². The van der Waals surface area contributed by atoms with Crippen LogP contribution >= 0.6 is 7.92 Å². The van der Waals surface area contributed by atoms with Gasteiger partial charge in [0.25, 0.3) is 0 Å². The van der Waals surface area contributed by atoms with Gasteiger partial charge in [-0.05, 0) is 48.2 Å². The molecule has 0 amide bonds. The summed E-state index contributed by atoms with van der Waals surface area (Å²) in [5.74, 6) is 0.353. The van der Waals surface area contributed by atoms with E-state index in [1.165, 1.54) is 52.7 Å². The summed E-state index contributed by atoms with van der Waals surface area (Å²) in [5.41, 5.74) is -0.956. The zero-order valence-electron chi connectivity index (χ0n) is 22.5. The molecule has 0 heterocycles. The van der Waals surface area contributed by atoms with E-state index in [2.05, 4.69) is 20.8 Å². The Morgan fingerprint density at radius 3 is 1.30 bits per heavy atom. The number of carbonyl (C=O) groups excluding carboxylic acids is 2. The Bertz CT molecular complexity index is 930. The Balaban J connectivity index is 2.70. The Morgan fingerprint density at radius 1 is 0.703 bits per heavy atom. The summed E-state index contributed by atoms with van der Waals surface area (Å²) in [6, 6.07) is 9.37. The second-order valence-corrected chi connectivity index (χ2v) is 11.4. The highest BCUT2D eigenvalue weighted by atomic mass is 31.1. The van der Waals surface area contributed by atoms with Crippen molar-refractivity contribution in [2.75, 3.05) is 34.6 Å². The third-order valence-corrected chi connectivity index (χ3v) is 7.46. The van der Waals surface area contributed by atoms with Crippen molar-refractivity contribution in [3.63, 3.8) is 0 Å². The molecule has 2 aromatic rings. The minimum atomic E-state index is -2.06. The summed E-state index contributed by atoms with van der Waals surface area (Å²) in [4.78, 5) is 68.6. The second-order valence-electron chi connectivity index (χ2n) is 9.35. The Hall–Kier alpha value is -2.75. The van der Waals surface area contributed by atoms with Crippen LogP contribution in [0.3, 0.4) is 0 Å². The molecule has 0 aliphatic carbocycles. The molecule has 0 aromatic heterocycles. The smallest absolute Gasteiger partial charge is 0.199 e. The Morgan fingerprint density at radius 2 is 1.03 bits per heavy atom. The van der Waals surface area contributed by atoms with Gasteiger partial charge in [-0.1, -0.05) is 39.8 Å². The van der Waals surface area contributed by atoms with Crippen molar-refractivity contribution in [2.45, 2.75) is 34.1 Å². The second kappa shape index (κ2) is 14.3. The average molecular weight is 539 g/mol. The van der Waals surface area contributed by atoms with Gasteiger partial charge in [0.2, 0.25) is 0 Å². The standard InChI is InChI=1S/C26H35O10P/c1-17(15-26(2,3)4)16-37(24(27)22-18(33-29-5)11-9-12-19(22)34-30-6)25(28)23-20(35-31-7)13-10-14-21(23)36-32-8/h9-14,17H,15-16H2,1-8H3. The summed E-state index contributed by atoms with van der Waals surface area (Å²) in [6.45, 7) is 8.32. The average Bonchev–Trinajstić information content (AvgIpc) is 2.82. The normalized spacial score (nSPS) is 12.2. The lowest BCUT2D eigenvalue weighted by atomic mass is 9.86. The first-order valence-electron chi connectivity index (χ1n) is 11.5. The predicted molar refractivity (Wildman–Crippen MR) is 137 cm³/mol. The molecule has 0 spiro atoms. The fraction of sp³-hybridized carbons (Fsp3) is 0.462. The highest BCUT2D eigenvalue weighted by Gasteiger charge is 2.38. The fourth-order valence-corrected chi connectivity index (χ4v) is 6.28. The van der Waals surface area contributed by atoms with Crippen LogP contribution in [0, 0.1) is 11.3 Å². The van der Waals surface area contributed by atoms with Gasteiger partial charge in [-0.15, -0.1) is 0 Å². The number of carbonyl (C=O) groups is 2. The largest absolute Gasteiger partial charge is 0.337 e. The van der Waals surface area contributed by atoms with Gasteiger partial charge in [0.1, 0.15) is 11.1 Å². The number of hydrogen-bond acceptors (Lipinski definition) is 10. The summed E-state index contributed by atoms with van der Waals surface area (Å²) in [7, 11) is 3.18. The van der Waals surface area contributed by atoms with Crippen molar-refractivity contribution in [3.05, 3.63) is 47.5 Å². The number of rotatable bonds is 15. The molecule has 2 rings (SSSR count). The molecule has 0 radical (unpaired) electrons. The van der Waals surface area contributed by atoms with E-state index in [4.69, 9.17) is 39.1 Å². The monoisotopic (exact) mass is 538 g/mol. The first-order valence-corrected chi connectivity index (χ1v) is 13.1. The zero-order chi connectivity index (χ0) is 27.6. The maximum Gasteiger partial charge on any atom is 0.199 e. The van der Waals surface area contributed by atoms with Crippen LogP contribution in [0.2, 0.25) is 0 Å². The molecule has 0 aliphatic rings. The third-order valence-electron chi connectivity index (χ3n) is 5.04. The fourth-order valence-electron chi connectivity index (χ4n) is 4.03. The quantitative estimate of drug-likeness (QED) is 0.153. The van der Waals surface area contributed by atoms with Crippen LogP contribution in [-0.2, 0) is 19.6 Å². The van der Waals surface area contributed by atoms with Crippen molar-refractivity contribution >= 4 is 19.0 Å². The van der Waals surface area contributed by atoms with E-state index in [0.717, 1.165) is 6.42 Å². The van der Waals surface area contributed by atoms with E-state index in [0.29, 0.717) is 0 Å². The lowest BCUT2D eigenvalue weighted by Crippen LogP contribution is -2.19. The summed E-state index contributed by atoms with van der Waals surface area (Å²) < 4.78 is 0. The molecule has 1 unspecified atom stereocenters. The molecule has 2 aromatic carbocycles. The third kappa shape index (κ3) is 8.38. The molecule has 10 nitrogen and oxygen atoms in total. The summed E-state index contributed by atoms with van der Waals surface area (Å²) >= 11 is 0. The van der Waals surface area contributed by atoms with Crippen molar-refractivity contribution in [3.8, 4) is 23.0 Å². The van der Waals surface area contributed by atoms with E-state index in [1.807, 2.05) is 6.92 Å². The molecular formula is C26H35O10P. The summed E-state index contributed by atoms with van der Waals surface area (Å²) in [6.07, 6.45) is 1.06. The van der Waals surface area contributed by atoms with Crippen molar-refractivity contribution < 1.29 is 48.7 Å². The molecule has 0 N–H and O–H groups in total. The van der Waals surface area contributed by atoms with Gasteiger partial charge in [-0.25, -0.2) is 0 Å². The Labute approximate surface area is 218 Å². The molecule has 0 saturated heterocycles. The van der Waals surface area contributed by atoms with Crippen LogP contribution in [0.5, 0.6) is 23.0 Å². The molecule has 0 fully saturated rings. The van der Waals surface area contributed by atoms with Gasteiger partial charge in [0, 0.05) is 7.92 Å². The molecular weight excluding hydrogens is 503 g/mol. The molecule has 11 heteroatoms. The van der Waals surface area contributed by atoms with Crippen molar-refractivity contribution in [2.24, 2.45) is 11.3 Å². The molecule has 0 saturated carbocycles. The van der Waals surface area contributed by atoms with Gasteiger partial charge in [0.05, 0.1) is 28.4 Å². The first kappa shape index (κ1) is 30.5. The highest BCUT2D eigenvalue weighted by molar-refractivity contribution is 7.90. The van der Waals surface area contributed by atoms with Crippen LogP contribution in [0.25, 0.3) is 0 Å². The maximum atomic E-state index is 14.2. The van der Waals surface area contributed by atoms with E-state index < -0.39 is 19.0 Å². The van der Waals surface area contributed by atoms with Gasteiger partial charge in [-0.3, -0.25) is 9.59 Å². The summed E-state index contributed by atoms with van der Waals surface area (Å²) in [5, 5.41) is 0. The van der Waals surface area contributed by atoms with E-state index >= 15 is 0 Å². The van der Waals surface area contributed by atoms with Crippen LogP contribution in [0.15, 0.2) is 36.4 Å². The SMILES string of the molecule is COOc1cccc(OOC)c1C(=O)P(CC(C)CC(C)(C)C)C(=O)c1c(OOC)cccc1OOC. The van der Waals surface area contributed by atoms with Crippen LogP contribution in [0.4, 0.5) is 0 Å². The van der Waals surface area contributed by atoms with Crippen molar-refractivity contribution in [1.29, 1.82) is 0 Å². The van der Waals surface area contributed by atoms with Crippen LogP contribution < -0.4 is 19.6 Å². The lowest BCUT2D eigenvalue weighted by Gasteiger charge is -2.26. The Kier molecular flexibility index (Phi) is 11.7. The molecule has 37 heavy (non-hydrogen) atoms. The van der Waals surface area contributed by atoms with Gasteiger partial charge < -0.3 is 19.6 Å². The van der Waals surface area contributed by atoms with Gasteiger partial charge in [0.15, 0.2) is 34.0 Å². The number of hydrogen-bond donors (Lipinski definition) is 0. The minimum absolute atomic E-state index is 0.0172. The molecule has 204 valence electrons. The van der Waals surface area contributed by atoms with E-state index in [-0.39, 0.29) is 51.6 Å². The predicted octanol–water partition coefficient (Wildman–Crippen LogP) is 5.98. The molecule has 1 atom stereocenters. The number of benzene rings is 2. The maximum absolute atomic E-state index is 14.2. The van der Waals surface area contributed by atoms with Crippen molar-refractivity contribution in [1.82, 2.24) is 0 Å². The zero-order valence-corrected chi connectivity index (χ0v) is 23.4. The topological polar surface area (TPSA) is 108 Å². The highest BCUT2D eigenvalue weighted by Crippen LogP contribution is 2.52. The first-order chi connectivity index (χ1) is 17.6.